The van der Waals surface area contributed by atoms with Gasteiger partial charge in [0.15, 0.2) is 5.78 Å². The van der Waals surface area contributed by atoms with Gasteiger partial charge in [-0.05, 0) is 5.56 Å². The number of nitrogens with zero attached hydrogens (tertiary/aromatic N) is 1. The van der Waals surface area contributed by atoms with Gasteiger partial charge < -0.3 is 5.21 Å². The topological polar surface area (TPSA) is 49.7 Å². The van der Waals surface area contributed by atoms with Gasteiger partial charge in [0.25, 0.3) is 0 Å². The fraction of sp³-hybridized carbons (Fsp3) is 0.0667. The molecular weight excluding hydrogens is 226 g/mol. The standard InChI is InChI=1S/C15H13NO2/c17-15(13-7-2-1-3-8-13)14-9-5-4-6-12(14)10-11-16-18/h1-9,11,18H,10H2. The third-order valence-corrected chi connectivity index (χ3v) is 2.69. The fourth-order valence-corrected chi connectivity index (χ4v) is 1.80. The van der Waals surface area contributed by atoms with Crippen LogP contribution in [0.1, 0.15) is 21.5 Å². The molecule has 2 rings (SSSR count). The molecule has 2 aromatic carbocycles. The maximum absolute atomic E-state index is 12.3. The summed E-state index contributed by atoms with van der Waals surface area (Å²) in [6.07, 6.45) is 1.81. The number of hydrogen-bond donors (Lipinski definition) is 1. The Hall–Kier alpha value is -2.42. The van der Waals surface area contributed by atoms with Crippen molar-refractivity contribution in [1.82, 2.24) is 0 Å². The Labute approximate surface area is 105 Å². The van der Waals surface area contributed by atoms with Gasteiger partial charge in [0, 0.05) is 23.8 Å². The molecule has 0 saturated heterocycles. The lowest BCUT2D eigenvalue weighted by atomic mass is 9.97. The van der Waals surface area contributed by atoms with Gasteiger partial charge in [0.2, 0.25) is 0 Å². The Morgan fingerprint density at radius 2 is 1.72 bits per heavy atom. The normalized spacial score (nSPS) is 10.7. The lowest BCUT2D eigenvalue weighted by Crippen LogP contribution is -2.05. The zero-order valence-electron chi connectivity index (χ0n) is 9.78. The number of carbonyl (C=O) groups is 1. The summed E-state index contributed by atoms with van der Waals surface area (Å²) in [5.41, 5.74) is 2.15. The second kappa shape index (κ2) is 5.77. The van der Waals surface area contributed by atoms with Crippen LogP contribution in [0, 0.1) is 0 Å². The van der Waals surface area contributed by atoms with E-state index in [0.29, 0.717) is 17.5 Å². The van der Waals surface area contributed by atoms with Gasteiger partial charge in [-0.25, -0.2) is 0 Å². The van der Waals surface area contributed by atoms with E-state index in [1.807, 2.05) is 36.4 Å². The van der Waals surface area contributed by atoms with E-state index < -0.39 is 0 Å². The van der Waals surface area contributed by atoms with Gasteiger partial charge in [-0.1, -0.05) is 54.6 Å². The van der Waals surface area contributed by atoms with E-state index in [2.05, 4.69) is 5.16 Å². The highest BCUT2D eigenvalue weighted by molar-refractivity contribution is 6.10. The van der Waals surface area contributed by atoms with Crippen molar-refractivity contribution in [2.45, 2.75) is 6.42 Å². The number of carbonyl (C=O) groups excluding carboxylic acids is 1. The summed E-state index contributed by atoms with van der Waals surface area (Å²) < 4.78 is 0. The van der Waals surface area contributed by atoms with Gasteiger partial charge >= 0.3 is 0 Å². The highest BCUT2D eigenvalue weighted by Crippen LogP contribution is 2.14. The summed E-state index contributed by atoms with van der Waals surface area (Å²) in [5.74, 6) is -0.0162. The van der Waals surface area contributed by atoms with Crippen LogP contribution in [-0.2, 0) is 6.42 Å². The molecule has 0 aromatic heterocycles. The lowest BCUT2D eigenvalue weighted by Gasteiger charge is -2.06. The molecule has 0 aliphatic rings. The Morgan fingerprint density at radius 3 is 2.44 bits per heavy atom. The van der Waals surface area contributed by atoms with E-state index in [1.165, 1.54) is 6.21 Å². The molecule has 3 heteroatoms. The molecule has 0 fully saturated rings. The fourth-order valence-electron chi connectivity index (χ4n) is 1.80. The number of ketones is 1. The minimum atomic E-state index is -0.0162. The largest absolute Gasteiger partial charge is 0.411 e. The van der Waals surface area contributed by atoms with E-state index in [1.54, 1.807) is 18.2 Å². The Balaban J connectivity index is 2.36. The SMILES string of the molecule is O=C(c1ccccc1)c1ccccc1CC=NO. The van der Waals surface area contributed by atoms with Gasteiger partial charge in [-0.3, -0.25) is 4.79 Å². The Kier molecular flexibility index (Phi) is 3.86. The Morgan fingerprint density at radius 1 is 1.06 bits per heavy atom. The number of oxime groups is 1. The van der Waals surface area contributed by atoms with Crippen LogP contribution in [-0.4, -0.2) is 17.2 Å². The van der Waals surface area contributed by atoms with Crippen LogP contribution in [0.3, 0.4) is 0 Å². The molecule has 0 unspecified atom stereocenters. The van der Waals surface area contributed by atoms with Crippen molar-refractivity contribution in [1.29, 1.82) is 0 Å². The zero-order chi connectivity index (χ0) is 12.8. The van der Waals surface area contributed by atoms with Crippen molar-refractivity contribution in [3.8, 4) is 0 Å². The molecule has 0 aliphatic heterocycles. The summed E-state index contributed by atoms with van der Waals surface area (Å²) in [4.78, 5) is 12.3. The maximum Gasteiger partial charge on any atom is 0.193 e. The highest BCUT2D eigenvalue weighted by atomic mass is 16.4. The molecule has 0 amide bonds. The third kappa shape index (κ3) is 2.63. The first-order valence-electron chi connectivity index (χ1n) is 5.66. The minimum Gasteiger partial charge on any atom is -0.411 e. The van der Waals surface area contributed by atoms with E-state index in [4.69, 9.17) is 5.21 Å². The van der Waals surface area contributed by atoms with Crippen molar-refractivity contribution >= 4 is 12.0 Å². The molecule has 3 nitrogen and oxygen atoms in total. The molecule has 0 heterocycles. The molecule has 1 N–H and O–H groups in total. The van der Waals surface area contributed by atoms with Crippen LogP contribution in [0.25, 0.3) is 0 Å². The van der Waals surface area contributed by atoms with Crippen molar-refractivity contribution < 1.29 is 10.0 Å². The summed E-state index contributed by atoms with van der Waals surface area (Å²) in [7, 11) is 0. The molecule has 0 bridgehead atoms. The van der Waals surface area contributed by atoms with Crippen LogP contribution in [0.4, 0.5) is 0 Å². The molecule has 0 atom stereocenters. The second-order valence-corrected chi connectivity index (χ2v) is 3.85. The predicted octanol–water partition coefficient (Wildman–Crippen LogP) is 2.92. The number of benzene rings is 2. The maximum atomic E-state index is 12.3. The van der Waals surface area contributed by atoms with Crippen LogP contribution >= 0.6 is 0 Å². The minimum absolute atomic E-state index is 0.0162. The molecule has 0 saturated carbocycles. The van der Waals surface area contributed by atoms with Crippen LogP contribution in [0.15, 0.2) is 59.8 Å². The van der Waals surface area contributed by atoms with Crippen molar-refractivity contribution in [3.63, 3.8) is 0 Å². The molecule has 0 aliphatic carbocycles. The summed E-state index contributed by atoms with van der Waals surface area (Å²) in [6, 6.07) is 16.5. The number of hydrogen-bond acceptors (Lipinski definition) is 3. The van der Waals surface area contributed by atoms with Gasteiger partial charge in [0.1, 0.15) is 0 Å². The molecule has 2 aromatic rings. The van der Waals surface area contributed by atoms with Crippen molar-refractivity contribution in [2.75, 3.05) is 0 Å². The Bertz CT molecular complexity index is 562. The van der Waals surface area contributed by atoms with E-state index >= 15 is 0 Å². The summed E-state index contributed by atoms with van der Waals surface area (Å²) >= 11 is 0. The van der Waals surface area contributed by atoms with Crippen molar-refractivity contribution in [2.24, 2.45) is 5.16 Å². The monoisotopic (exact) mass is 239 g/mol. The van der Waals surface area contributed by atoms with Crippen LogP contribution in [0.2, 0.25) is 0 Å². The molecular formula is C15H13NO2. The van der Waals surface area contributed by atoms with E-state index in [0.717, 1.165) is 5.56 Å². The van der Waals surface area contributed by atoms with Crippen LogP contribution < -0.4 is 0 Å². The second-order valence-electron chi connectivity index (χ2n) is 3.85. The third-order valence-electron chi connectivity index (χ3n) is 2.69. The average Bonchev–Trinajstić information content (AvgIpc) is 2.45. The summed E-state index contributed by atoms with van der Waals surface area (Å²) in [5, 5.41) is 11.4. The van der Waals surface area contributed by atoms with E-state index in [-0.39, 0.29) is 5.78 Å². The van der Waals surface area contributed by atoms with E-state index in [9.17, 15) is 4.79 Å². The zero-order valence-corrected chi connectivity index (χ0v) is 9.78. The molecule has 0 radical (unpaired) electrons. The van der Waals surface area contributed by atoms with Gasteiger partial charge in [-0.2, -0.15) is 0 Å². The quantitative estimate of drug-likeness (QED) is 0.386. The first-order chi connectivity index (χ1) is 8.83. The lowest BCUT2D eigenvalue weighted by molar-refractivity contribution is 0.103. The average molecular weight is 239 g/mol. The molecule has 90 valence electrons. The molecule has 18 heavy (non-hydrogen) atoms. The number of rotatable bonds is 4. The van der Waals surface area contributed by atoms with Crippen LogP contribution in [0.5, 0.6) is 0 Å². The first kappa shape index (κ1) is 12.0. The van der Waals surface area contributed by atoms with Gasteiger partial charge in [0.05, 0.1) is 0 Å². The molecule has 0 spiro atoms. The van der Waals surface area contributed by atoms with Crippen molar-refractivity contribution in [3.05, 3.63) is 71.3 Å². The summed E-state index contributed by atoms with van der Waals surface area (Å²) in [6.45, 7) is 0. The first-order valence-corrected chi connectivity index (χ1v) is 5.66. The van der Waals surface area contributed by atoms with Gasteiger partial charge in [-0.15, -0.1) is 5.16 Å². The predicted molar refractivity (Wildman–Crippen MR) is 70.3 cm³/mol. The smallest absolute Gasteiger partial charge is 0.193 e. The highest BCUT2D eigenvalue weighted by Gasteiger charge is 2.11.